The number of rotatable bonds is 4. The molecule has 0 aliphatic rings. The van der Waals surface area contributed by atoms with Gasteiger partial charge in [0.05, 0.1) is 5.69 Å². The number of aromatic nitrogens is 2. The highest BCUT2D eigenvalue weighted by molar-refractivity contribution is 6.30. The summed E-state index contributed by atoms with van der Waals surface area (Å²) >= 11 is 6.18. The van der Waals surface area contributed by atoms with Gasteiger partial charge in [-0.3, -0.25) is 4.68 Å². The van der Waals surface area contributed by atoms with Crippen LogP contribution in [-0.4, -0.2) is 16.3 Å². The molecule has 0 aliphatic heterocycles. The lowest BCUT2D eigenvalue weighted by Crippen LogP contribution is -2.22. The first-order chi connectivity index (χ1) is 6.97. The van der Waals surface area contributed by atoms with E-state index in [1.54, 1.807) is 4.68 Å². The Morgan fingerprint density at radius 1 is 1.47 bits per heavy atom. The van der Waals surface area contributed by atoms with Gasteiger partial charge in [0.1, 0.15) is 5.15 Å². The highest BCUT2D eigenvalue weighted by Crippen LogP contribution is 2.24. The van der Waals surface area contributed by atoms with Crippen LogP contribution in [0.3, 0.4) is 0 Å². The predicted molar refractivity (Wildman–Crippen MR) is 64.0 cm³/mol. The van der Waals surface area contributed by atoms with Crippen molar-refractivity contribution in [1.82, 2.24) is 9.78 Å². The average Bonchev–Trinajstić information content (AvgIpc) is 2.39. The molecule has 0 radical (unpaired) electrons. The second kappa shape index (κ2) is 4.99. The van der Waals surface area contributed by atoms with Gasteiger partial charge in [-0.2, -0.15) is 5.10 Å². The molecule has 86 valence electrons. The van der Waals surface area contributed by atoms with Crippen LogP contribution in [0.4, 0.5) is 0 Å². The van der Waals surface area contributed by atoms with E-state index in [2.05, 4.69) is 18.9 Å². The summed E-state index contributed by atoms with van der Waals surface area (Å²) in [6, 6.07) is 0. The Morgan fingerprint density at radius 2 is 2.07 bits per heavy atom. The van der Waals surface area contributed by atoms with Crippen molar-refractivity contribution >= 4 is 11.6 Å². The fraction of sp³-hybridized carbons (Fsp3) is 0.727. The summed E-state index contributed by atoms with van der Waals surface area (Å²) in [6.07, 6.45) is 0.923. The van der Waals surface area contributed by atoms with Crippen LogP contribution in [0.5, 0.6) is 0 Å². The van der Waals surface area contributed by atoms with Gasteiger partial charge < -0.3 is 5.73 Å². The van der Waals surface area contributed by atoms with Gasteiger partial charge in [0.25, 0.3) is 0 Å². The molecule has 0 aliphatic carbocycles. The topological polar surface area (TPSA) is 43.8 Å². The van der Waals surface area contributed by atoms with Gasteiger partial charge >= 0.3 is 0 Å². The van der Waals surface area contributed by atoms with E-state index in [9.17, 15) is 0 Å². The van der Waals surface area contributed by atoms with Gasteiger partial charge in [0, 0.05) is 12.6 Å². The van der Waals surface area contributed by atoms with Crippen molar-refractivity contribution in [3.8, 4) is 0 Å². The van der Waals surface area contributed by atoms with Gasteiger partial charge in [0.2, 0.25) is 0 Å². The number of hydrogen-bond acceptors (Lipinski definition) is 2. The molecule has 3 nitrogen and oxygen atoms in total. The van der Waals surface area contributed by atoms with Crippen LogP contribution < -0.4 is 5.73 Å². The average molecular weight is 230 g/mol. The SMILES string of the molecule is Cc1nn(C)c(Cl)c1CC(CN)C(C)C. The third-order valence-corrected chi connectivity index (χ3v) is 3.45. The maximum Gasteiger partial charge on any atom is 0.130 e. The summed E-state index contributed by atoms with van der Waals surface area (Å²) < 4.78 is 1.72. The second-order valence-electron chi connectivity index (χ2n) is 4.42. The van der Waals surface area contributed by atoms with Crippen molar-refractivity contribution in [3.05, 3.63) is 16.4 Å². The van der Waals surface area contributed by atoms with Gasteiger partial charge in [-0.1, -0.05) is 25.4 Å². The van der Waals surface area contributed by atoms with Crippen molar-refractivity contribution in [1.29, 1.82) is 0 Å². The third-order valence-electron chi connectivity index (χ3n) is 2.98. The molecule has 0 bridgehead atoms. The maximum atomic E-state index is 6.18. The van der Waals surface area contributed by atoms with Crippen molar-refractivity contribution in [2.24, 2.45) is 24.6 Å². The Kier molecular flexibility index (Phi) is 4.17. The summed E-state index contributed by atoms with van der Waals surface area (Å²) in [5, 5.41) is 5.04. The van der Waals surface area contributed by atoms with Gasteiger partial charge in [-0.05, 0) is 31.7 Å². The van der Waals surface area contributed by atoms with E-state index in [0.717, 1.165) is 22.8 Å². The van der Waals surface area contributed by atoms with E-state index in [1.165, 1.54) is 0 Å². The lowest BCUT2D eigenvalue weighted by atomic mass is 9.89. The number of aryl methyl sites for hydroxylation is 2. The standard InChI is InChI=1S/C11H20ClN3/c1-7(2)9(6-13)5-10-8(3)14-15(4)11(10)12/h7,9H,5-6,13H2,1-4H3. The van der Waals surface area contributed by atoms with Crippen LogP contribution in [0.1, 0.15) is 25.1 Å². The van der Waals surface area contributed by atoms with E-state index >= 15 is 0 Å². The first-order valence-electron chi connectivity index (χ1n) is 5.35. The smallest absolute Gasteiger partial charge is 0.130 e. The van der Waals surface area contributed by atoms with Gasteiger partial charge in [-0.25, -0.2) is 0 Å². The lowest BCUT2D eigenvalue weighted by molar-refractivity contribution is 0.391. The molecule has 0 saturated heterocycles. The molecule has 1 rings (SSSR count). The third kappa shape index (κ3) is 2.73. The fourth-order valence-electron chi connectivity index (χ4n) is 1.76. The minimum absolute atomic E-state index is 0.477. The molecule has 2 N–H and O–H groups in total. The zero-order valence-electron chi connectivity index (χ0n) is 9.92. The quantitative estimate of drug-likeness (QED) is 0.860. The first kappa shape index (κ1) is 12.5. The molecule has 0 amide bonds. The first-order valence-corrected chi connectivity index (χ1v) is 5.73. The van der Waals surface area contributed by atoms with Crippen LogP contribution in [0.15, 0.2) is 0 Å². The molecule has 0 saturated carbocycles. The van der Waals surface area contributed by atoms with Crippen LogP contribution in [-0.2, 0) is 13.5 Å². The van der Waals surface area contributed by atoms with Crippen LogP contribution >= 0.6 is 11.6 Å². The van der Waals surface area contributed by atoms with Crippen LogP contribution in [0.25, 0.3) is 0 Å². The summed E-state index contributed by atoms with van der Waals surface area (Å²) in [5.41, 5.74) is 7.92. The van der Waals surface area contributed by atoms with E-state index in [4.69, 9.17) is 17.3 Å². The Bertz CT molecular complexity index is 331. The molecule has 1 aromatic heterocycles. The highest BCUT2D eigenvalue weighted by atomic mass is 35.5. The highest BCUT2D eigenvalue weighted by Gasteiger charge is 2.18. The van der Waals surface area contributed by atoms with E-state index in [-0.39, 0.29) is 0 Å². The normalized spacial score (nSPS) is 13.5. The number of nitrogens with two attached hydrogens (primary N) is 1. The second-order valence-corrected chi connectivity index (χ2v) is 4.78. The monoisotopic (exact) mass is 229 g/mol. The number of hydrogen-bond donors (Lipinski definition) is 1. The summed E-state index contributed by atoms with van der Waals surface area (Å²) in [4.78, 5) is 0. The zero-order valence-corrected chi connectivity index (χ0v) is 10.7. The molecule has 0 aromatic carbocycles. The molecule has 1 heterocycles. The Hall–Kier alpha value is -0.540. The summed E-state index contributed by atoms with van der Waals surface area (Å²) in [7, 11) is 1.87. The van der Waals surface area contributed by atoms with Crippen molar-refractivity contribution < 1.29 is 0 Å². The predicted octanol–water partition coefficient (Wildman–Crippen LogP) is 2.16. The zero-order chi connectivity index (χ0) is 11.6. The molecule has 1 aromatic rings. The van der Waals surface area contributed by atoms with E-state index < -0.39 is 0 Å². The van der Waals surface area contributed by atoms with Crippen LogP contribution in [0.2, 0.25) is 5.15 Å². The molecule has 0 spiro atoms. The van der Waals surface area contributed by atoms with Crippen molar-refractivity contribution in [3.63, 3.8) is 0 Å². The van der Waals surface area contributed by atoms with Gasteiger partial charge in [0.15, 0.2) is 0 Å². The van der Waals surface area contributed by atoms with Crippen molar-refractivity contribution in [2.45, 2.75) is 27.2 Å². The Morgan fingerprint density at radius 3 is 2.40 bits per heavy atom. The number of halogens is 1. The Balaban J connectivity index is 2.88. The molecule has 4 heteroatoms. The summed E-state index contributed by atoms with van der Waals surface area (Å²) in [6.45, 7) is 7.08. The minimum Gasteiger partial charge on any atom is -0.330 e. The van der Waals surface area contributed by atoms with E-state index in [0.29, 0.717) is 18.4 Å². The van der Waals surface area contributed by atoms with Crippen LogP contribution in [0, 0.1) is 18.8 Å². The Labute approximate surface area is 96.6 Å². The molecular formula is C11H20ClN3. The van der Waals surface area contributed by atoms with Gasteiger partial charge in [-0.15, -0.1) is 0 Å². The van der Waals surface area contributed by atoms with Crippen molar-refractivity contribution in [2.75, 3.05) is 6.54 Å². The maximum absolute atomic E-state index is 6.18. The van der Waals surface area contributed by atoms with E-state index in [1.807, 2.05) is 14.0 Å². The molecule has 0 fully saturated rings. The number of nitrogens with zero attached hydrogens (tertiary/aromatic N) is 2. The fourth-order valence-corrected chi connectivity index (χ4v) is 2.01. The lowest BCUT2D eigenvalue weighted by Gasteiger charge is -2.18. The molecule has 15 heavy (non-hydrogen) atoms. The largest absolute Gasteiger partial charge is 0.330 e. The molecule has 1 atom stereocenters. The molecular weight excluding hydrogens is 210 g/mol. The minimum atomic E-state index is 0.477. The molecule has 1 unspecified atom stereocenters. The summed E-state index contributed by atoms with van der Waals surface area (Å²) in [5.74, 6) is 1.05.